The Labute approximate surface area is 125 Å². The van der Waals surface area contributed by atoms with Gasteiger partial charge in [0.15, 0.2) is 0 Å². The van der Waals surface area contributed by atoms with Crippen molar-refractivity contribution in [3.8, 4) is 0 Å². The lowest BCUT2D eigenvalue weighted by Crippen LogP contribution is -2.36. The molecule has 0 saturated heterocycles. The second-order valence-corrected chi connectivity index (χ2v) is 6.65. The number of hydrogen-bond acceptors (Lipinski definition) is 1. The molecular formula is C18H23FN2. The van der Waals surface area contributed by atoms with Crippen molar-refractivity contribution in [3.63, 3.8) is 0 Å². The molecule has 1 aromatic heterocycles. The molecule has 2 aromatic rings. The van der Waals surface area contributed by atoms with Crippen LogP contribution in [0.2, 0.25) is 0 Å². The lowest BCUT2D eigenvalue weighted by atomic mass is 9.89. The molecule has 1 heterocycles. The second kappa shape index (κ2) is 5.45. The van der Waals surface area contributed by atoms with Crippen LogP contribution in [0.4, 0.5) is 4.39 Å². The van der Waals surface area contributed by atoms with Crippen LogP contribution in [0.3, 0.4) is 0 Å². The van der Waals surface area contributed by atoms with Crippen molar-refractivity contribution in [1.82, 2.24) is 10.3 Å². The highest BCUT2D eigenvalue weighted by molar-refractivity contribution is 5.85. The fourth-order valence-electron chi connectivity index (χ4n) is 4.16. The molecule has 112 valence electrons. The summed E-state index contributed by atoms with van der Waals surface area (Å²) in [6.45, 7) is 0. The predicted molar refractivity (Wildman–Crippen MR) is 83.9 cm³/mol. The van der Waals surface area contributed by atoms with Crippen molar-refractivity contribution < 1.29 is 4.39 Å². The van der Waals surface area contributed by atoms with Gasteiger partial charge in [-0.2, -0.15) is 0 Å². The minimum Gasteiger partial charge on any atom is -0.357 e. The number of H-pyrrole nitrogens is 1. The van der Waals surface area contributed by atoms with E-state index in [2.05, 4.69) is 10.3 Å². The highest BCUT2D eigenvalue weighted by Gasteiger charge is 2.26. The zero-order chi connectivity index (χ0) is 14.2. The van der Waals surface area contributed by atoms with Crippen LogP contribution in [0.5, 0.6) is 0 Å². The SMILES string of the molecule is Fc1ccc2[nH]c3c(c2c1)CCCC3NC1CCCCC1. The highest BCUT2D eigenvalue weighted by Crippen LogP contribution is 2.36. The minimum absolute atomic E-state index is 0.133. The molecule has 1 fully saturated rings. The van der Waals surface area contributed by atoms with E-state index in [-0.39, 0.29) is 5.82 Å². The van der Waals surface area contributed by atoms with Gasteiger partial charge in [-0.3, -0.25) is 0 Å². The van der Waals surface area contributed by atoms with E-state index in [1.54, 1.807) is 12.1 Å². The average Bonchev–Trinajstić information content (AvgIpc) is 2.88. The number of fused-ring (bicyclic) bond motifs is 3. The third-order valence-electron chi connectivity index (χ3n) is 5.21. The van der Waals surface area contributed by atoms with Crippen LogP contribution in [-0.4, -0.2) is 11.0 Å². The van der Waals surface area contributed by atoms with Crippen molar-refractivity contribution in [1.29, 1.82) is 0 Å². The molecule has 1 saturated carbocycles. The largest absolute Gasteiger partial charge is 0.357 e. The Morgan fingerprint density at radius 1 is 1.05 bits per heavy atom. The molecule has 2 aliphatic rings. The Hall–Kier alpha value is -1.35. The maximum absolute atomic E-state index is 13.5. The first kappa shape index (κ1) is 13.3. The van der Waals surface area contributed by atoms with Gasteiger partial charge >= 0.3 is 0 Å². The van der Waals surface area contributed by atoms with Gasteiger partial charge in [0.2, 0.25) is 0 Å². The van der Waals surface area contributed by atoms with Gasteiger partial charge in [-0.1, -0.05) is 19.3 Å². The summed E-state index contributed by atoms with van der Waals surface area (Å²) in [6, 6.07) is 6.20. The van der Waals surface area contributed by atoms with Crippen LogP contribution >= 0.6 is 0 Å². The van der Waals surface area contributed by atoms with Crippen molar-refractivity contribution >= 4 is 10.9 Å². The molecule has 0 amide bonds. The maximum Gasteiger partial charge on any atom is 0.123 e. The molecule has 21 heavy (non-hydrogen) atoms. The van der Waals surface area contributed by atoms with Crippen molar-refractivity contribution in [3.05, 3.63) is 35.3 Å². The average molecular weight is 286 g/mol. The normalized spacial score (nSPS) is 23.4. The lowest BCUT2D eigenvalue weighted by molar-refractivity contribution is 0.318. The van der Waals surface area contributed by atoms with E-state index in [0.29, 0.717) is 12.1 Å². The van der Waals surface area contributed by atoms with Gasteiger partial charge in [0.1, 0.15) is 5.82 Å². The van der Waals surface area contributed by atoms with Gasteiger partial charge in [0.05, 0.1) is 0 Å². The van der Waals surface area contributed by atoms with Gasteiger partial charge in [-0.05, 0) is 55.9 Å². The summed E-state index contributed by atoms with van der Waals surface area (Å²) in [7, 11) is 0. The smallest absolute Gasteiger partial charge is 0.123 e. The molecule has 2 N–H and O–H groups in total. The third kappa shape index (κ3) is 2.48. The van der Waals surface area contributed by atoms with Gasteiger partial charge in [-0.25, -0.2) is 4.39 Å². The number of aromatic amines is 1. The first-order valence-electron chi connectivity index (χ1n) is 8.37. The fourth-order valence-corrected chi connectivity index (χ4v) is 4.16. The van der Waals surface area contributed by atoms with E-state index in [9.17, 15) is 4.39 Å². The molecule has 1 aromatic carbocycles. The third-order valence-corrected chi connectivity index (χ3v) is 5.21. The molecule has 2 aliphatic carbocycles. The summed E-state index contributed by atoms with van der Waals surface area (Å²) in [5.41, 5.74) is 3.73. The second-order valence-electron chi connectivity index (χ2n) is 6.65. The standard InChI is InChI=1S/C18H23FN2/c19-12-9-10-16-15(11-12)14-7-4-8-17(18(14)21-16)20-13-5-2-1-3-6-13/h9-11,13,17,20-21H,1-8H2. The molecule has 0 spiro atoms. The van der Waals surface area contributed by atoms with Crippen LogP contribution in [0.15, 0.2) is 18.2 Å². The lowest BCUT2D eigenvalue weighted by Gasteiger charge is -2.31. The Morgan fingerprint density at radius 2 is 1.90 bits per heavy atom. The molecule has 1 atom stereocenters. The number of hydrogen-bond donors (Lipinski definition) is 2. The first-order valence-corrected chi connectivity index (χ1v) is 8.37. The van der Waals surface area contributed by atoms with Crippen LogP contribution in [0.1, 0.15) is 62.2 Å². The van der Waals surface area contributed by atoms with Gasteiger partial charge < -0.3 is 10.3 Å². The molecule has 1 unspecified atom stereocenters. The minimum atomic E-state index is -0.133. The Kier molecular flexibility index (Phi) is 3.46. The maximum atomic E-state index is 13.5. The van der Waals surface area contributed by atoms with E-state index in [1.807, 2.05) is 6.07 Å². The van der Waals surface area contributed by atoms with Gasteiger partial charge in [0.25, 0.3) is 0 Å². The van der Waals surface area contributed by atoms with Crippen LogP contribution in [0, 0.1) is 5.82 Å². The van der Waals surface area contributed by atoms with Crippen LogP contribution in [-0.2, 0) is 6.42 Å². The van der Waals surface area contributed by atoms with E-state index in [1.165, 1.54) is 56.2 Å². The van der Waals surface area contributed by atoms with Crippen LogP contribution < -0.4 is 5.32 Å². The molecule has 0 bridgehead atoms. The van der Waals surface area contributed by atoms with Gasteiger partial charge in [-0.15, -0.1) is 0 Å². The molecule has 2 nitrogen and oxygen atoms in total. The van der Waals surface area contributed by atoms with Gasteiger partial charge in [0, 0.05) is 28.7 Å². The van der Waals surface area contributed by atoms with Crippen molar-refractivity contribution in [2.45, 2.75) is 63.5 Å². The number of aromatic nitrogens is 1. The monoisotopic (exact) mass is 286 g/mol. The summed E-state index contributed by atoms with van der Waals surface area (Å²) in [5.74, 6) is -0.133. The summed E-state index contributed by atoms with van der Waals surface area (Å²) in [4.78, 5) is 3.55. The first-order chi connectivity index (χ1) is 10.3. The predicted octanol–water partition coefficient (Wildman–Crippen LogP) is 4.61. The number of halogens is 1. The molecular weight excluding hydrogens is 263 g/mol. The Morgan fingerprint density at radius 3 is 2.76 bits per heavy atom. The number of rotatable bonds is 2. The quantitative estimate of drug-likeness (QED) is 0.829. The zero-order valence-electron chi connectivity index (χ0n) is 12.4. The van der Waals surface area contributed by atoms with E-state index >= 15 is 0 Å². The number of benzene rings is 1. The fraction of sp³-hybridized carbons (Fsp3) is 0.556. The molecule has 0 aliphatic heterocycles. The Balaban J connectivity index is 1.65. The molecule has 0 radical (unpaired) electrons. The summed E-state index contributed by atoms with van der Waals surface area (Å²) >= 11 is 0. The van der Waals surface area contributed by atoms with E-state index in [0.717, 1.165) is 17.3 Å². The molecule has 4 rings (SSSR count). The number of nitrogens with one attached hydrogen (secondary N) is 2. The van der Waals surface area contributed by atoms with E-state index in [4.69, 9.17) is 0 Å². The van der Waals surface area contributed by atoms with Crippen LogP contribution in [0.25, 0.3) is 10.9 Å². The zero-order valence-corrected chi connectivity index (χ0v) is 12.4. The Bertz CT molecular complexity index is 640. The number of aryl methyl sites for hydroxylation is 1. The summed E-state index contributed by atoms with van der Waals surface area (Å²) in [6.07, 6.45) is 10.2. The molecule has 3 heteroatoms. The topological polar surface area (TPSA) is 27.8 Å². The van der Waals surface area contributed by atoms with Crippen molar-refractivity contribution in [2.24, 2.45) is 0 Å². The highest BCUT2D eigenvalue weighted by atomic mass is 19.1. The van der Waals surface area contributed by atoms with E-state index < -0.39 is 0 Å². The summed E-state index contributed by atoms with van der Waals surface area (Å²) < 4.78 is 13.5. The summed E-state index contributed by atoms with van der Waals surface area (Å²) in [5, 5.41) is 4.95. The van der Waals surface area contributed by atoms with Crippen molar-refractivity contribution in [2.75, 3.05) is 0 Å².